The second-order valence-electron chi connectivity index (χ2n) is 3.14. The van der Waals surface area contributed by atoms with Gasteiger partial charge in [0.15, 0.2) is 0 Å². The van der Waals surface area contributed by atoms with Crippen LogP contribution in [0, 0.1) is 0 Å². The van der Waals surface area contributed by atoms with Gasteiger partial charge in [-0.2, -0.15) is 0 Å². The fourth-order valence-electron chi connectivity index (χ4n) is 1.11. The van der Waals surface area contributed by atoms with Crippen molar-refractivity contribution in [3.05, 3.63) is 0 Å². The van der Waals surface area contributed by atoms with Gasteiger partial charge in [-0.3, -0.25) is 0 Å². The van der Waals surface area contributed by atoms with Crippen LogP contribution < -0.4 is 5.73 Å². The molecule has 0 aromatic rings. The summed E-state index contributed by atoms with van der Waals surface area (Å²) in [6.45, 7) is 6.91. The van der Waals surface area contributed by atoms with Gasteiger partial charge in [0.25, 0.3) is 0 Å². The molecule has 7 nitrogen and oxygen atoms in total. The molecule has 0 aromatic heterocycles. The van der Waals surface area contributed by atoms with Crippen molar-refractivity contribution in [1.82, 2.24) is 0 Å². The van der Waals surface area contributed by atoms with E-state index in [1.165, 1.54) is 0 Å². The van der Waals surface area contributed by atoms with Gasteiger partial charge in [0.2, 0.25) is 0 Å². The van der Waals surface area contributed by atoms with Crippen LogP contribution in [0.5, 0.6) is 0 Å². The average Bonchev–Trinajstić information content (AvgIpc) is 2.30. The summed E-state index contributed by atoms with van der Waals surface area (Å²) in [4.78, 5) is 11.5. The molecule has 0 saturated carbocycles. The molecule has 0 aliphatic rings. The molecule has 0 heterocycles. The van der Waals surface area contributed by atoms with E-state index >= 15 is 0 Å². The Bertz CT molecular complexity index is 217. The Morgan fingerprint density at radius 2 is 1.53 bits per heavy atom. The molecule has 0 bridgehead atoms. The zero-order valence-electron chi connectivity index (χ0n) is 11.3. The van der Waals surface area contributed by atoms with Gasteiger partial charge in [0.1, 0.15) is 0 Å². The SMILES string of the molecule is CCO[Si](OCC)(OCC)OC(=O)OCCCN.[CaH2]. The Balaban J connectivity index is 0. The summed E-state index contributed by atoms with van der Waals surface area (Å²) in [5, 5.41) is 0. The molecule has 19 heavy (non-hydrogen) atoms. The maximum absolute atomic E-state index is 11.5. The summed E-state index contributed by atoms with van der Waals surface area (Å²) in [5.74, 6) is 0. The first-order valence-corrected chi connectivity index (χ1v) is 7.75. The minimum absolute atomic E-state index is 0. The van der Waals surface area contributed by atoms with Crippen LogP contribution in [0.2, 0.25) is 0 Å². The normalized spacial score (nSPS) is 10.7. The van der Waals surface area contributed by atoms with E-state index in [0.29, 0.717) is 32.8 Å². The quantitative estimate of drug-likeness (QED) is 0.347. The summed E-state index contributed by atoms with van der Waals surface area (Å²) in [7, 11) is -3.42. The van der Waals surface area contributed by atoms with E-state index in [1.54, 1.807) is 20.8 Å². The minimum atomic E-state index is -3.42. The van der Waals surface area contributed by atoms with Crippen LogP contribution in [0.3, 0.4) is 0 Å². The molecule has 0 unspecified atom stereocenters. The third kappa shape index (κ3) is 10.0. The molecule has 0 aromatic carbocycles. The maximum atomic E-state index is 11.5. The molecular formula is C10H25CaNO6Si. The van der Waals surface area contributed by atoms with E-state index < -0.39 is 15.2 Å². The first kappa shape index (κ1) is 21.9. The summed E-state index contributed by atoms with van der Waals surface area (Å²) in [6.07, 6.45) is -0.285. The molecule has 0 aliphatic heterocycles. The van der Waals surface area contributed by atoms with Gasteiger partial charge in [-0.25, -0.2) is 4.79 Å². The van der Waals surface area contributed by atoms with E-state index in [-0.39, 0.29) is 44.3 Å². The number of hydrogen-bond acceptors (Lipinski definition) is 7. The van der Waals surface area contributed by atoms with Crippen LogP contribution in [0.25, 0.3) is 0 Å². The van der Waals surface area contributed by atoms with Gasteiger partial charge in [-0.05, 0) is 33.7 Å². The number of carbonyl (C=O) groups excluding carboxylic acids is 1. The first-order chi connectivity index (χ1) is 8.64. The Morgan fingerprint density at radius 1 is 1.05 bits per heavy atom. The van der Waals surface area contributed by atoms with Gasteiger partial charge in [0.05, 0.1) is 6.61 Å². The van der Waals surface area contributed by atoms with Crippen molar-refractivity contribution in [2.24, 2.45) is 5.73 Å². The van der Waals surface area contributed by atoms with Gasteiger partial charge >= 0.3 is 52.9 Å². The average molecular weight is 323 g/mol. The molecule has 0 radical (unpaired) electrons. The Morgan fingerprint density at radius 3 is 1.89 bits per heavy atom. The van der Waals surface area contributed by atoms with Crippen LogP contribution >= 0.6 is 0 Å². The summed E-state index contributed by atoms with van der Waals surface area (Å²) in [6, 6.07) is 0. The molecule has 0 spiro atoms. The standard InChI is InChI=1S/C10H23NO6Si.Ca.2H/c1-4-14-18(15-5-2,16-6-3)17-10(12)13-9-7-8-11;;;/h4-9,11H2,1-3H3;;;. The predicted molar refractivity (Wildman–Crippen MR) is 75.3 cm³/mol. The third-order valence-corrected chi connectivity index (χ3v) is 4.08. The van der Waals surface area contributed by atoms with Crippen molar-refractivity contribution in [1.29, 1.82) is 0 Å². The number of nitrogens with two attached hydrogens (primary N) is 1. The fraction of sp³-hybridized carbons (Fsp3) is 0.900. The van der Waals surface area contributed by atoms with Crippen molar-refractivity contribution >= 4 is 52.9 Å². The number of rotatable bonds is 10. The van der Waals surface area contributed by atoms with Gasteiger partial charge in [0, 0.05) is 19.8 Å². The molecule has 0 amide bonds. The van der Waals surface area contributed by atoms with Crippen molar-refractivity contribution in [2.45, 2.75) is 27.2 Å². The molecule has 0 atom stereocenters. The van der Waals surface area contributed by atoms with E-state index in [2.05, 4.69) is 0 Å². The summed E-state index contributed by atoms with van der Waals surface area (Å²) < 4.78 is 25.9. The Kier molecular flexibility index (Phi) is 15.6. The zero-order chi connectivity index (χ0) is 13.9. The topological polar surface area (TPSA) is 89.2 Å². The fourth-order valence-corrected chi connectivity index (χ4v) is 2.86. The van der Waals surface area contributed by atoms with Crippen LogP contribution in [0.15, 0.2) is 0 Å². The van der Waals surface area contributed by atoms with Gasteiger partial charge in [-0.15, -0.1) is 0 Å². The number of hydrogen-bond donors (Lipinski definition) is 1. The van der Waals surface area contributed by atoms with Crippen molar-refractivity contribution in [2.75, 3.05) is 33.0 Å². The van der Waals surface area contributed by atoms with Gasteiger partial charge < -0.3 is 28.2 Å². The van der Waals surface area contributed by atoms with Gasteiger partial charge in [-0.1, -0.05) is 0 Å². The van der Waals surface area contributed by atoms with Crippen LogP contribution in [0.4, 0.5) is 4.79 Å². The Hall–Kier alpha value is 0.587. The monoisotopic (exact) mass is 323 g/mol. The Labute approximate surface area is 145 Å². The van der Waals surface area contributed by atoms with Crippen molar-refractivity contribution < 1.29 is 27.2 Å². The van der Waals surface area contributed by atoms with Crippen LogP contribution in [-0.2, 0) is 22.4 Å². The van der Waals surface area contributed by atoms with E-state index in [9.17, 15) is 4.79 Å². The molecule has 9 heteroatoms. The predicted octanol–water partition coefficient (Wildman–Crippen LogP) is 0.117. The molecule has 0 fully saturated rings. The van der Waals surface area contributed by atoms with E-state index in [4.69, 9.17) is 28.2 Å². The molecule has 2 N–H and O–H groups in total. The zero-order valence-corrected chi connectivity index (χ0v) is 12.3. The molecular weight excluding hydrogens is 298 g/mol. The second kappa shape index (κ2) is 13.6. The summed E-state index contributed by atoms with van der Waals surface area (Å²) >= 11 is 0. The van der Waals surface area contributed by atoms with E-state index in [0.717, 1.165) is 0 Å². The van der Waals surface area contributed by atoms with Crippen molar-refractivity contribution in [3.8, 4) is 0 Å². The van der Waals surface area contributed by atoms with E-state index in [1.807, 2.05) is 0 Å². The molecule has 0 aliphatic carbocycles. The first-order valence-electron chi connectivity index (χ1n) is 6.11. The third-order valence-electron chi connectivity index (χ3n) is 1.74. The number of ether oxygens (including phenoxy) is 1. The molecule has 0 saturated heterocycles. The molecule has 112 valence electrons. The number of carbonyl (C=O) groups is 1. The summed E-state index contributed by atoms with van der Waals surface area (Å²) in [5.41, 5.74) is 5.29. The van der Waals surface area contributed by atoms with Crippen LogP contribution in [0.1, 0.15) is 27.2 Å². The van der Waals surface area contributed by atoms with Crippen molar-refractivity contribution in [3.63, 3.8) is 0 Å². The van der Waals surface area contributed by atoms with Crippen LogP contribution in [-0.4, -0.2) is 85.9 Å². The second-order valence-corrected chi connectivity index (χ2v) is 5.21. The molecule has 0 rings (SSSR count).